The molecule has 7 heteroatoms. The van der Waals surface area contributed by atoms with Gasteiger partial charge in [-0.05, 0) is 5.56 Å². The Morgan fingerprint density at radius 2 is 2.22 bits per heavy atom. The molecule has 1 aromatic heterocycles. The van der Waals surface area contributed by atoms with E-state index in [2.05, 4.69) is 20.5 Å². The number of hydrogen-bond donors (Lipinski definition) is 2. The highest BCUT2D eigenvalue weighted by Gasteiger charge is 2.08. The molecule has 1 aromatic carbocycles. The summed E-state index contributed by atoms with van der Waals surface area (Å²) in [6.45, 7) is 0.155. The third-order valence-electron chi connectivity index (χ3n) is 2.02. The lowest BCUT2D eigenvalue weighted by Crippen LogP contribution is -2.14. The van der Waals surface area contributed by atoms with Gasteiger partial charge in [0, 0.05) is 0 Å². The van der Waals surface area contributed by atoms with Crippen LogP contribution in [0.3, 0.4) is 0 Å². The summed E-state index contributed by atoms with van der Waals surface area (Å²) < 4.78 is 4.95. The van der Waals surface area contributed by atoms with Gasteiger partial charge in [-0.3, -0.25) is 5.32 Å². The molecular weight excluding hydrogens is 234 g/mol. The maximum absolute atomic E-state index is 11.4. The van der Waals surface area contributed by atoms with E-state index in [0.717, 1.165) is 5.56 Å². The van der Waals surface area contributed by atoms with Gasteiger partial charge in [-0.2, -0.15) is 10.2 Å². The van der Waals surface area contributed by atoms with Crippen LogP contribution in [0.2, 0.25) is 0 Å². The number of nitrogens with one attached hydrogen (secondary N) is 2. The smallest absolute Gasteiger partial charge is 0.414 e. The van der Waals surface area contributed by atoms with Crippen molar-refractivity contribution < 1.29 is 9.53 Å². The third kappa shape index (κ3) is 3.05. The molecule has 0 atom stereocenters. The lowest BCUT2D eigenvalue weighted by molar-refractivity contribution is 0.155. The minimum Gasteiger partial charge on any atom is -0.444 e. The number of ether oxygens (including phenoxy) is 1. The predicted octanol–water partition coefficient (Wildman–Crippen LogP) is 1.43. The molecule has 0 spiro atoms. The molecule has 0 bridgehead atoms. The number of benzene rings is 1. The Morgan fingerprint density at radius 3 is 2.89 bits per heavy atom. The van der Waals surface area contributed by atoms with Crippen molar-refractivity contribution in [1.29, 1.82) is 5.26 Å². The number of anilines is 1. The number of carbonyl (C=O) groups is 1. The fraction of sp³-hybridized carbons (Fsp3) is 0.0909. The fourth-order valence-electron chi connectivity index (χ4n) is 1.22. The van der Waals surface area contributed by atoms with E-state index >= 15 is 0 Å². The first kappa shape index (κ1) is 11.6. The summed E-state index contributed by atoms with van der Waals surface area (Å²) in [5.74, 6) is 0.0259. The Balaban J connectivity index is 1.84. The summed E-state index contributed by atoms with van der Waals surface area (Å²) in [5, 5.41) is 16.8. The monoisotopic (exact) mass is 243 g/mol. The summed E-state index contributed by atoms with van der Waals surface area (Å²) in [5.41, 5.74) is 0.875. The Bertz CT molecular complexity index is 573. The molecule has 2 rings (SSSR count). The van der Waals surface area contributed by atoms with Crippen molar-refractivity contribution in [2.24, 2.45) is 0 Å². The summed E-state index contributed by atoms with van der Waals surface area (Å²) in [4.78, 5) is 15.1. The number of aromatic nitrogens is 3. The van der Waals surface area contributed by atoms with Crippen molar-refractivity contribution in [3.8, 4) is 6.07 Å². The molecule has 0 fully saturated rings. The molecule has 0 unspecified atom stereocenters. The number of rotatable bonds is 3. The second kappa shape index (κ2) is 5.45. The third-order valence-corrected chi connectivity index (χ3v) is 2.02. The van der Waals surface area contributed by atoms with E-state index in [1.165, 1.54) is 0 Å². The topological polar surface area (TPSA) is 104 Å². The predicted molar refractivity (Wildman–Crippen MR) is 61.3 cm³/mol. The second-order valence-corrected chi connectivity index (χ2v) is 3.31. The zero-order valence-corrected chi connectivity index (χ0v) is 9.25. The Morgan fingerprint density at radius 1 is 1.44 bits per heavy atom. The normalized spacial score (nSPS) is 9.50. The Hall–Kier alpha value is -2.88. The van der Waals surface area contributed by atoms with Crippen molar-refractivity contribution in [3.05, 3.63) is 41.7 Å². The maximum Gasteiger partial charge on any atom is 0.414 e. The average molecular weight is 243 g/mol. The molecule has 1 heterocycles. The highest BCUT2D eigenvalue weighted by atomic mass is 16.5. The van der Waals surface area contributed by atoms with E-state index in [9.17, 15) is 4.79 Å². The summed E-state index contributed by atoms with van der Waals surface area (Å²) in [7, 11) is 0. The summed E-state index contributed by atoms with van der Waals surface area (Å²) >= 11 is 0. The lowest BCUT2D eigenvalue weighted by atomic mass is 10.2. The first-order valence-electron chi connectivity index (χ1n) is 5.08. The van der Waals surface area contributed by atoms with E-state index in [0.29, 0.717) is 0 Å². The van der Waals surface area contributed by atoms with Crippen molar-refractivity contribution in [2.45, 2.75) is 6.61 Å². The highest BCUT2D eigenvalue weighted by molar-refractivity contribution is 5.82. The van der Waals surface area contributed by atoms with Gasteiger partial charge in [0.15, 0.2) is 0 Å². The van der Waals surface area contributed by atoms with Gasteiger partial charge in [0.05, 0.1) is 0 Å². The van der Waals surface area contributed by atoms with Crippen LogP contribution < -0.4 is 5.32 Å². The van der Waals surface area contributed by atoms with Crippen LogP contribution in [0.4, 0.5) is 10.7 Å². The largest absolute Gasteiger partial charge is 0.444 e. The van der Waals surface area contributed by atoms with Gasteiger partial charge in [-0.25, -0.2) is 9.89 Å². The van der Waals surface area contributed by atoms with Crippen LogP contribution in [0, 0.1) is 11.3 Å². The van der Waals surface area contributed by atoms with E-state index in [-0.39, 0.29) is 18.4 Å². The molecule has 2 N–H and O–H groups in total. The van der Waals surface area contributed by atoms with Crippen molar-refractivity contribution >= 4 is 12.0 Å². The van der Waals surface area contributed by atoms with Crippen LogP contribution in [0.5, 0.6) is 0 Å². The minimum atomic E-state index is -0.678. The van der Waals surface area contributed by atoms with Crippen LogP contribution in [0.1, 0.15) is 11.4 Å². The molecular formula is C11H9N5O2. The molecule has 0 aliphatic heterocycles. The van der Waals surface area contributed by atoms with E-state index in [1.807, 2.05) is 30.3 Å². The molecule has 18 heavy (non-hydrogen) atoms. The summed E-state index contributed by atoms with van der Waals surface area (Å²) in [6, 6.07) is 11.0. The van der Waals surface area contributed by atoms with Crippen molar-refractivity contribution in [2.75, 3.05) is 5.32 Å². The molecule has 0 saturated carbocycles. The van der Waals surface area contributed by atoms with Gasteiger partial charge in [0.2, 0.25) is 5.82 Å². The van der Waals surface area contributed by atoms with Gasteiger partial charge in [0.25, 0.3) is 5.95 Å². The van der Waals surface area contributed by atoms with Crippen LogP contribution in [-0.2, 0) is 11.3 Å². The fourth-order valence-corrected chi connectivity index (χ4v) is 1.22. The number of nitriles is 1. The first-order chi connectivity index (χ1) is 8.78. The van der Waals surface area contributed by atoms with Gasteiger partial charge in [0.1, 0.15) is 12.7 Å². The molecule has 1 amide bonds. The Kier molecular flexibility index (Phi) is 3.51. The Labute approximate surface area is 102 Å². The van der Waals surface area contributed by atoms with Gasteiger partial charge >= 0.3 is 6.09 Å². The van der Waals surface area contributed by atoms with Crippen LogP contribution >= 0.6 is 0 Å². The van der Waals surface area contributed by atoms with Crippen LogP contribution in [0.25, 0.3) is 0 Å². The quantitative estimate of drug-likeness (QED) is 0.848. The first-order valence-corrected chi connectivity index (χ1v) is 5.08. The SMILES string of the molecule is N#Cc1nc(NC(=O)OCc2ccccc2)n[nH]1. The number of nitrogens with zero attached hydrogens (tertiary/aromatic N) is 3. The number of H-pyrrole nitrogens is 1. The molecule has 2 aromatic rings. The van der Waals surface area contributed by atoms with E-state index in [4.69, 9.17) is 10.00 Å². The number of aromatic amines is 1. The molecule has 0 radical (unpaired) electrons. The number of hydrogen-bond acceptors (Lipinski definition) is 5. The molecule has 90 valence electrons. The minimum absolute atomic E-state index is 0.00427. The second-order valence-electron chi connectivity index (χ2n) is 3.31. The van der Waals surface area contributed by atoms with E-state index < -0.39 is 6.09 Å². The van der Waals surface area contributed by atoms with Crippen molar-refractivity contribution in [3.63, 3.8) is 0 Å². The molecule has 0 aliphatic carbocycles. The number of amides is 1. The molecule has 7 nitrogen and oxygen atoms in total. The molecule has 0 saturated heterocycles. The van der Waals surface area contributed by atoms with Crippen LogP contribution in [0.15, 0.2) is 30.3 Å². The highest BCUT2D eigenvalue weighted by Crippen LogP contribution is 2.03. The number of carbonyl (C=O) groups excluding carboxylic acids is 1. The van der Waals surface area contributed by atoms with Crippen molar-refractivity contribution in [1.82, 2.24) is 15.2 Å². The standard InChI is InChI=1S/C11H9N5O2/c12-6-9-13-10(16-15-9)14-11(17)18-7-8-4-2-1-3-5-8/h1-5H,7H2,(H2,13,14,15,16,17). The van der Waals surface area contributed by atoms with Gasteiger partial charge in [-0.1, -0.05) is 30.3 Å². The maximum atomic E-state index is 11.4. The lowest BCUT2D eigenvalue weighted by Gasteiger charge is -2.03. The molecule has 0 aliphatic rings. The van der Waals surface area contributed by atoms with E-state index in [1.54, 1.807) is 6.07 Å². The van der Waals surface area contributed by atoms with Gasteiger partial charge in [-0.15, -0.1) is 5.10 Å². The van der Waals surface area contributed by atoms with Gasteiger partial charge < -0.3 is 4.74 Å². The average Bonchev–Trinajstić information content (AvgIpc) is 2.85. The zero-order valence-electron chi connectivity index (χ0n) is 9.25. The zero-order chi connectivity index (χ0) is 12.8. The van der Waals surface area contributed by atoms with Crippen LogP contribution in [-0.4, -0.2) is 21.3 Å². The summed E-state index contributed by atoms with van der Waals surface area (Å²) in [6.07, 6.45) is -0.678.